The molecule has 1 amide bonds. The van der Waals surface area contributed by atoms with Crippen LogP contribution in [-0.2, 0) is 16.0 Å². The number of rotatable bonds is 4. The molecule has 0 atom stereocenters. The highest BCUT2D eigenvalue weighted by Gasteiger charge is 2.28. The van der Waals surface area contributed by atoms with Crippen molar-refractivity contribution in [2.45, 2.75) is 59.3 Å². The molecular formula is C32H36BrClN4O4. The van der Waals surface area contributed by atoms with Crippen molar-refractivity contribution in [2.24, 2.45) is 0 Å². The fourth-order valence-corrected chi connectivity index (χ4v) is 5.63. The van der Waals surface area contributed by atoms with Gasteiger partial charge in [0.25, 0.3) is 0 Å². The summed E-state index contributed by atoms with van der Waals surface area (Å²) < 4.78 is 12.2. The summed E-state index contributed by atoms with van der Waals surface area (Å²) in [5.41, 5.74) is 3.08. The van der Waals surface area contributed by atoms with Gasteiger partial charge < -0.3 is 19.4 Å². The number of ether oxygens (including phenoxy) is 2. The predicted molar refractivity (Wildman–Crippen MR) is 170 cm³/mol. The third-order valence-electron chi connectivity index (χ3n) is 6.90. The van der Waals surface area contributed by atoms with Gasteiger partial charge in [-0.1, -0.05) is 33.6 Å². The molecule has 8 nitrogen and oxygen atoms in total. The van der Waals surface area contributed by atoms with Gasteiger partial charge in [-0.25, -0.2) is 14.6 Å². The first-order valence-electron chi connectivity index (χ1n) is 14.0. The van der Waals surface area contributed by atoms with Gasteiger partial charge >= 0.3 is 12.1 Å². The second kappa shape index (κ2) is 11.5. The van der Waals surface area contributed by atoms with Crippen molar-refractivity contribution >= 4 is 61.4 Å². The second-order valence-corrected chi connectivity index (χ2v) is 14.0. The number of nitrogens with zero attached hydrogens (tertiary/aromatic N) is 3. The highest BCUT2D eigenvalue weighted by Crippen LogP contribution is 2.37. The minimum Gasteiger partial charge on any atom is -0.455 e. The lowest BCUT2D eigenvalue weighted by atomic mass is 10.0. The molecule has 1 aliphatic rings. The van der Waals surface area contributed by atoms with Gasteiger partial charge in [-0.15, -0.1) is 0 Å². The monoisotopic (exact) mass is 654 g/mol. The van der Waals surface area contributed by atoms with Crippen LogP contribution in [0.5, 0.6) is 0 Å². The Morgan fingerprint density at radius 3 is 2.29 bits per heavy atom. The van der Waals surface area contributed by atoms with E-state index in [1.165, 1.54) is 0 Å². The van der Waals surface area contributed by atoms with E-state index in [9.17, 15) is 9.59 Å². The van der Waals surface area contributed by atoms with Crippen LogP contribution in [0.2, 0.25) is 5.02 Å². The van der Waals surface area contributed by atoms with Crippen LogP contribution >= 0.6 is 27.5 Å². The number of amides is 1. The Morgan fingerprint density at radius 1 is 0.929 bits per heavy atom. The van der Waals surface area contributed by atoms with Gasteiger partial charge in [-0.05, 0) is 83.5 Å². The Hall–Kier alpha value is -3.14. The summed E-state index contributed by atoms with van der Waals surface area (Å²) in [6, 6.07) is 13.6. The molecule has 0 saturated carbocycles. The number of H-pyrrole nitrogens is 1. The number of pyridine rings is 1. The van der Waals surface area contributed by atoms with E-state index >= 15 is 0 Å². The van der Waals surface area contributed by atoms with E-state index in [-0.39, 0.29) is 6.09 Å². The molecule has 0 bridgehead atoms. The summed E-state index contributed by atoms with van der Waals surface area (Å²) in [5.74, 6) is -0.447. The van der Waals surface area contributed by atoms with Gasteiger partial charge in [0.1, 0.15) is 16.9 Å². The molecule has 222 valence electrons. The highest BCUT2D eigenvalue weighted by atomic mass is 79.9. The largest absolute Gasteiger partial charge is 0.455 e. The van der Waals surface area contributed by atoms with E-state index in [1.54, 1.807) is 4.90 Å². The van der Waals surface area contributed by atoms with Gasteiger partial charge in [0.15, 0.2) is 0 Å². The van der Waals surface area contributed by atoms with Crippen molar-refractivity contribution in [3.63, 3.8) is 0 Å². The Labute approximate surface area is 259 Å². The SMILES string of the molecule is CC(C)(C)OC(=O)c1[nH]c2ccc(Br)cc2c1-c1cc(CN2CCN(C(=O)OC(C)(C)C)CC2)c2ccc(Cl)cc2n1. The number of aromatic amines is 1. The molecule has 3 heterocycles. The van der Waals surface area contributed by atoms with E-state index in [2.05, 4.69) is 25.8 Å². The van der Waals surface area contributed by atoms with Crippen LogP contribution in [0.1, 0.15) is 57.6 Å². The molecule has 0 spiro atoms. The summed E-state index contributed by atoms with van der Waals surface area (Å²) in [5, 5.41) is 2.42. The zero-order chi connectivity index (χ0) is 30.4. The van der Waals surface area contributed by atoms with Crippen LogP contribution in [0, 0.1) is 0 Å². The van der Waals surface area contributed by atoms with Crippen molar-refractivity contribution in [1.82, 2.24) is 19.8 Å². The number of fused-ring (bicyclic) bond motifs is 2. The van der Waals surface area contributed by atoms with Crippen LogP contribution in [0.4, 0.5) is 4.79 Å². The number of nitrogens with one attached hydrogen (secondary N) is 1. The minimum atomic E-state index is -0.664. The first-order valence-corrected chi connectivity index (χ1v) is 15.2. The number of aromatic nitrogens is 2. The Balaban J connectivity index is 1.54. The lowest BCUT2D eigenvalue weighted by Gasteiger charge is -2.35. The summed E-state index contributed by atoms with van der Waals surface area (Å²) in [6.45, 7) is 14.4. The normalized spacial score (nSPS) is 14.9. The summed E-state index contributed by atoms with van der Waals surface area (Å²) in [4.78, 5) is 38.4. The lowest BCUT2D eigenvalue weighted by Crippen LogP contribution is -2.49. The summed E-state index contributed by atoms with van der Waals surface area (Å²) in [6.07, 6.45) is -0.284. The quantitative estimate of drug-likeness (QED) is 0.226. The van der Waals surface area contributed by atoms with E-state index in [0.29, 0.717) is 54.7 Å². The van der Waals surface area contributed by atoms with Crippen molar-refractivity contribution in [1.29, 1.82) is 0 Å². The second-order valence-electron chi connectivity index (χ2n) is 12.6. The molecule has 2 aromatic carbocycles. The number of piperazine rings is 1. The van der Waals surface area contributed by atoms with Gasteiger partial charge in [-0.3, -0.25) is 4.90 Å². The molecule has 10 heteroatoms. The number of esters is 1. The molecule has 0 aliphatic carbocycles. The zero-order valence-electron chi connectivity index (χ0n) is 24.8. The Kier molecular flexibility index (Phi) is 8.31. The molecule has 1 saturated heterocycles. The molecule has 0 radical (unpaired) electrons. The maximum absolute atomic E-state index is 13.4. The van der Waals surface area contributed by atoms with Gasteiger partial charge in [0.05, 0.1) is 11.2 Å². The van der Waals surface area contributed by atoms with Gasteiger partial charge in [0, 0.05) is 64.1 Å². The van der Waals surface area contributed by atoms with E-state index < -0.39 is 17.2 Å². The maximum atomic E-state index is 13.4. The van der Waals surface area contributed by atoms with Crippen LogP contribution in [0.3, 0.4) is 0 Å². The standard InChI is InChI=1S/C32H36BrClN4O4/c1-31(2,3)41-29(39)28-27(23-16-20(33)7-10-24(23)36-28)26-15-19(22-9-8-21(34)17-25(22)35-26)18-37-11-13-38(14-12-37)30(40)42-32(4,5)6/h7-10,15-17,36H,11-14,18H2,1-6H3. The lowest BCUT2D eigenvalue weighted by molar-refractivity contribution is 0.00631. The van der Waals surface area contributed by atoms with Crippen LogP contribution in [0.15, 0.2) is 46.9 Å². The molecule has 2 aromatic heterocycles. The van der Waals surface area contributed by atoms with Crippen molar-refractivity contribution < 1.29 is 19.1 Å². The van der Waals surface area contributed by atoms with Crippen molar-refractivity contribution in [3.05, 3.63) is 63.2 Å². The summed E-state index contributed by atoms with van der Waals surface area (Å²) in [7, 11) is 0. The zero-order valence-corrected chi connectivity index (χ0v) is 27.1. The number of carbonyl (C=O) groups is 2. The number of benzene rings is 2. The van der Waals surface area contributed by atoms with E-state index in [1.807, 2.05) is 84.0 Å². The average Bonchev–Trinajstić information content (AvgIpc) is 3.25. The predicted octanol–water partition coefficient (Wildman–Crippen LogP) is 7.81. The summed E-state index contributed by atoms with van der Waals surface area (Å²) >= 11 is 10.00. The third kappa shape index (κ3) is 6.90. The highest BCUT2D eigenvalue weighted by molar-refractivity contribution is 9.10. The molecule has 5 rings (SSSR count). The molecular weight excluding hydrogens is 620 g/mol. The van der Waals surface area contributed by atoms with E-state index in [4.69, 9.17) is 26.1 Å². The smallest absolute Gasteiger partial charge is 0.410 e. The average molecular weight is 656 g/mol. The third-order valence-corrected chi connectivity index (χ3v) is 7.62. The number of carbonyl (C=O) groups excluding carboxylic acids is 2. The fraction of sp³-hybridized carbons (Fsp3) is 0.406. The topological polar surface area (TPSA) is 87.8 Å². The van der Waals surface area contributed by atoms with Gasteiger partial charge in [-0.2, -0.15) is 0 Å². The molecule has 1 aliphatic heterocycles. The molecule has 0 unspecified atom stereocenters. The number of hydrogen-bond acceptors (Lipinski definition) is 6. The molecule has 1 N–H and O–H groups in total. The molecule has 4 aromatic rings. The van der Waals surface area contributed by atoms with Crippen molar-refractivity contribution in [2.75, 3.05) is 26.2 Å². The molecule has 42 heavy (non-hydrogen) atoms. The first-order chi connectivity index (χ1) is 19.7. The first kappa shape index (κ1) is 30.3. The van der Waals surface area contributed by atoms with E-state index in [0.717, 1.165) is 31.8 Å². The maximum Gasteiger partial charge on any atom is 0.410 e. The number of halogens is 2. The Morgan fingerprint density at radius 2 is 1.62 bits per heavy atom. The Bertz CT molecular complexity index is 1660. The fourth-order valence-electron chi connectivity index (χ4n) is 5.10. The van der Waals surface area contributed by atoms with Crippen LogP contribution < -0.4 is 0 Å². The van der Waals surface area contributed by atoms with Gasteiger partial charge in [0.2, 0.25) is 0 Å². The number of hydrogen-bond donors (Lipinski definition) is 1. The minimum absolute atomic E-state index is 0.284. The van der Waals surface area contributed by atoms with Crippen molar-refractivity contribution in [3.8, 4) is 11.3 Å². The van der Waals surface area contributed by atoms with Crippen LogP contribution in [-0.4, -0.2) is 69.2 Å². The van der Waals surface area contributed by atoms with Crippen LogP contribution in [0.25, 0.3) is 33.1 Å². The molecule has 1 fully saturated rings.